The van der Waals surface area contributed by atoms with Gasteiger partial charge in [-0.2, -0.15) is 5.10 Å². The molecule has 0 unspecified atom stereocenters. The van der Waals surface area contributed by atoms with E-state index in [2.05, 4.69) is 15.7 Å². The van der Waals surface area contributed by atoms with E-state index in [4.69, 9.17) is 9.47 Å². The molecule has 2 aromatic rings. The minimum atomic E-state index is -1.40. The van der Waals surface area contributed by atoms with E-state index in [0.29, 0.717) is 25.9 Å². The lowest BCUT2D eigenvalue weighted by Gasteiger charge is -2.41. The average Bonchev–Trinajstić information content (AvgIpc) is 3.26. The SMILES string of the molecule is CCN1N=C2CCN(C(=O)[C@@H](COCc3ccccc3)NC(=O)C(C)(C)NC(=O)OC(C)(C)C)C[C@]2(Cc2ccccc2)C1=O. The molecule has 0 radical (unpaired) electrons. The Hall–Kier alpha value is -4.25. The molecule has 11 nitrogen and oxygen atoms in total. The Labute approximate surface area is 265 Å². The van der Waals surface area contributed by atoms with Crippen LogP contribution in [0.4, 0.5) is 4.79 Å². The Morgan fingerprint density at radius 1 is 0.978 bits per heavy atom. The number of carbonyl (C=O) groups is 4. The van der Waals surface area contributed by atoms with Gasteiger partial charge in [0, 0.05) is 26.1 Å². The summed E-state index contributed by atoms with van der Waals surface area (Å²) >= 11 is 0. The first-order chi connectivity index (χ1) is 21.2. The number of nitrogens with one attached hydrogen (secondary N) is 2. The van der Waals surface area contributed by atoms with Gasteiger partial charge in [0.15, 0.2) is 0 Å². The summed E-state index contributed by atoms with van der Waals surface area (Å²) in [4.78, 5) is 55.7. The number of nitrogens with zero attached hydrogens (tertiary/aromatic N) is 3. The average molecular weight is 620 g/mol. The van der Waals surface area contributed by atoms with Gasteiger partial charge in [0.05, 0.1) is 18.9 Å². The third-order valence-corrected chi connectivity index (χ3v) is 7.86. The number of rotatable bonds is 11. The summed E-state index contributed by atoms with van der Waals surface area (Å²) < 4.78 is 11.3. The Morgan fingerprint density at radius 3 is 2.20 bits per heavy atom. The van der Waals surface area contributed by atoms with Crippen molar-refractivity contribution in [2.45, 2.75) is 78.2 Å². The van der Waals surface area contributed by atoms with Gasteiger partial charge < -0.3 is 25.0 Å². The molecule has 1 saturated heterocycles. The van der Waals surface area contributed by atoms with Crippen molar-refractivity contribution in [2.24, 2.45) is 10.5 Å². The van der Waals surface area contributed by atoms with Gasteiger partial charge in [0.25, 0.3) is 5.91 Å². The van der Waals surface area contributed by atoms with Gasteiger partial charge in [0.2, 0.25) is 11.8 Å². The first-order valence-electron chi connectivity index (χ1n) is 15.4. The molecule has 1 fully saturated rings. The number of carbonyl (C=O) groups excluding carboxylic acids is 4. The van der Waals surface area contributed by atoms with Crippen LogP contribution in [0.15, 0.2) is 65.8 Å². The van der Waals surface area contributed by atoms with Crippen LogP contribution in [-0.2, 0) is 36.9 Å². The van der Waals surface area contributed by atoms with E-state index >= 15 is 0 Å². The summed E-state index contributed by atoms with van der Waals surface area (Å²) in [6, 6.07) is 18.1. The number of alkyl carbamates (subject to hydrolysis) is 1. The molecule has 2 aliphatic rings. The molecule has 0 aromatic heterocycles. The normalized spacial score (nSPS) is 19.0. The minimum absolute atomic E-state index is 0.111. The predicted molar refractivity (Wildman–Crippen MR) is 170 cm³/mol. The topological polar surface area (TPSA) is 130 Å². The van der Waals surface area contributed by atoms with Crippen molar-refractivity contribution >= 4 is 29.5 Å². The number of ether oxygens (including phenoxy) is 2. The van der Waals surface area contributed by atoms with Crippen LogP contribution in [-0.4, -0.2) is 82.9 Å². The van der Waals surface area contributed by atoms with Crippen molar-refractivity contribution < 1.29 is 28.7 Å². The van der Waals surface area contributed by atoms with E-state index in [-0.39, 0.29) is 31.6 Å². The van der Waals surface area contributed by atoms with Crippen LogP contribution in [0.1, 0.15) is 59.1 Å². The maximum absolute atomic E-state index is 14.2. The minimum Gasteiger partial charge on any atom is -0.444 e. The quantitative estimate of drug-likeness (QED) is 0.395. The fourth-order valence-electron chi connectivity index (χ4n) is 5.55. The zero-order chi connectivity index (χ0) is 32.8. The molecule has 4 amide bonds. The number of piperidine rings is 1. The lowest BCUT2D eigenvalue weighted by atomic mass is 9.73. The van der Waals surface area contributed by atoms with E-state index in [1.807, 2.05) is 67.6 Å². The maximum Gasteiger partial charge on any atom is 0.408 e. The van der Waals surface area contributed by atoms with Crippen LogP contribution in [0.25, 0.3) is 0 Å². The van der Waals surface area contributed by atoms with Crippen LogP contribution >= 0.6 is 0 Å². The number of hydrogen-bond donors (Lipinski definition) is 2. The highest BCUT2D eigenvalue weighted by atomic mass is 16.6. The first kappa shape index (κ1) is 33.6. The molecule has 45 heavy (non-hydrogen) atoms. The zero-order valence-corrected chi connectivity index (χ0v) is 27.1. The maximum atomic E-state index is 14.2. The third kappa shape index (κ3) is 8.27. The van der Waals surface area contributed by atoms with E-state index in [9.17, 15) is 19.2 Å². The monoisotopic (exact) mass is 619 g/mol. The standard InChI is InChI=1S/C34H45N5O6/c1-7-39-30(42)34(20-24-14-10-8-11-15-24)23-38(19-18-27(34)37-39)28(40)26(22-44-21-25-16-12-9-13-17-25)35-29(41)33(5,6)36-31(43)45-32(2,3)4/h8-17,26H,7,18-23H2,1-6H3,(H,35,41)(H,36,43)/t26-,34+/m1/s1. The number of hydrogen-bond acceptors (Lipinski definition) is 7. The molecule has 11 heteroatoms. The fraction of sp³-hybridized carbons (Fsp3) is 0.500. The summed E-state index contributed by atoms with van der Waals surface area (Å²) in [6.45, 7) is 11.1. The Morgan fingerprint density at radius 2 is 1.60 bits per heavy atom. The van der Waals surface area contributed by atoms with Gasteiger partial charge in [-0.05, 0) is 59.1 Å². The lowest BCUT2D eigenvalue weighted by Crippen LogP contribution is -2.63. The summed E-state index contributed by atoms with van der Waals surface area (Å²) in [5.41, 5.74) is -0.499. The summed E-state index contributed by atoms with van der Waals surface area (Å²) in [5, 5.41) is 11.5. The van der Waals surface area contributed by atoms with Crippen molar-refractivity contribution in [3.05, 3.63) is 71.8 Å². The highest BCUT2D eigenvalue weighted by molar-refractivity contribution is 6.14. The van der Waals surface area contributed by atoms with E-state index in [0.717, 1.165) is 16.8 Å². The van der Waals surface area contributed by atoms with E-state index < -0.39 is 34.6 Å². The highest BCUT2D eigenvalue weighted by Gasteiger charge is 2.54. The summed E-state index contributed by atoms with van der Waals surface area (Å²) in [7, 11) is 0. The summed E-state index contributed by atoms with van der Waals surface area (Å²) in [6.07, 6.45) is 0.0786. The molecule has 2 heterocycles. The van der Waals surface area contributed by atoms with Crippen molar-refractivity contribution in [1.29, 1.82) is 0 Å². The van der Waals surface area contributed by atoms with Gasteiger partial charge in [-0.3, -0.25) is 14.4 Å². The molecule has 0 saturated carbocycles. The smallest absolute Gasteiger partial charge is 0.408 e. The second-order valence-electron chi connectivity index (χ2n) is 13.1. The predicted octanol–water partition coefficient (Wildman–Crippen LogP) is 3.67. The molecular weight excluding hydrogens is 574 g/mol. The van der Waals surface area contributed by atoms with Gasteiger partial charge in [-0.25, -0.2) is 9.80 Å². The number of likely N-dealkylation sites (tertiary alicyclic amines) is 1. The first-order valence-corrected chi connectivity index (χ1v) is 15.4. The van der Waals surface area contributed by atoms with Crippen LogP contribution in [0.5, 0.6) is 0 Å². The van der Waals surface area contributed by atoms with Crippen molar-refractivity contribution in [3.8, 4) is 0 Å². The van der Waals surface area contributed by atoms with Gasteiger partial charge in [0.1, 0.15) is 22.6 Å². The third-order valence-electron chi connectivity index (χ3n) is 7.86. The number of benzene rings is 2. The second kappa shape index (κ2) is 13.8. The van der Waals surface area contributed by atoms with E-state index in [1.165, 1.54) is 18.9 Å². The lowest BCUT2D eigenvalue weighted by molar-refractivity contribution is -0.144. The van der Waals surface area contributed by atoms with E-state index in [1.54, 1.807) is 25.7 Å². The van der Waals surface area contributed by atoms with Crippen molar-refractivity contribution in [1.82, 2.24) is 20.5 Å². The van der Waals surface area contributed by atoms with Crippen molar-refractivity contribution in [3.63, 3.8) is 0 Å². The van der Waals surface area contributed by atoms with Gasteiger partial charge >= 0.3 is 6.09 Å². The molecular formula is C34H45N5O6. The van der Waals surface area contributed by atoms with Crippen LogP contribution < -0.4 is 10.6 Å². The second-order valence-corrected chi connectivity index (χ2v) is 13.1. The molecule has 2 aliphatic heterocycles. The van der Waals surface area contributed by atoms with Crippen LogP contribution in [0, 0.1) is 5.41 Å². The molecule has 2 N–H and O–H groups in total. The molecule has 2 atom stereocenters. The van der Waals surface area contributed by atoms with Crippen molar-refractivity contribution in [2.75, 3.05) is 26.2 Å². The number of hydrazone groups is 1. The zero-order valence-electron chi connectivity index (χ0n) is 27.1. The molecule has 0 bridgehead atoms. The molecule has 0 aliphatic carbocycles. The number of fused-ring (bicyclic) bond motifs is 1. The highest BCUT2D eigenvalue weighted by Crippen LogP contribution is 2.38. The molecule has 0 spiro atoms. The fourth-order valence-corrected chi connectivity index (χ4v) is 5.55. The largest absolute Gasteiger partial charge is 0.444 e. The number of amides is 4. The summed E-state index contributed by atoms with van der Waals surface area (Å²) in [5.74, 6) is -1.09. The van der Waals surface area contributed by atoms with Gasteiger partial charge in [-0.1, -0.05) is 60.7 Å². The van der Waals surface area contributed by atoms with Crippen LogP contribution in [0.2, 0.25) is 0 Å². The Bertz CT molecular complexity index is 1410. The van der Waals surface area contributed by atoms with Gasteiger partial charge in [-0.15, -0.1) is 0 Å². The molecule has 242 valence electrons. The molecule has 4 rings (SSSR count). The van der Waals surface area contributed by atoms with Crippen LogP contribution in [0.3, 0.4) is 0 Å². The molecule has 2 aromatic carbocycles. The Balaban J connectivity index is 1.56. The Kier molecular flexibility index (Phi) is 10.3.